The zero-order chi connectivity index (χ0) is 18.1. The number of hydrogen-bond donors (Lipinski definition) is 1. The van der Waals surface area contributed by atoms with Crippen molar-refractivity contribution in [2.24, 2.45) is 0 Å². The predicted octanol–water partition coefficient (Wildman–Crippen LogP) is 6.16. The highest BCUT2D eigenvalue weighted by Crippen LogP contribution is 2.36. The number of thiophene rings is 2. The highest BCUT2D eigenvalue weighted by Gasteiger charge is 2.13. The summed E-state index contributed by atoms with van der Waals surface area (Å²) in [6, 6.07) is 14.5. The number of benzene rings is 1. The molecule has 1 N–H and O–H groups in total. The van der Waals surface area contributed by atoms with E-state index in [1.165, 1.54) is 10.4 Å². The normalized spacial score (nSPS) is 11.1. The van der Waals surface area contributed by atoms with Crippen LogP contribution in [0.5, 0.6) is 0 Å². The SMILES string of the molecule is c1ccc(-c2csc3ncnc(NCc4csc(-c5cccs5)n4)c23)cc1. The predicted molar refractivity (Wildman–Crippen MR) is 116 cm³/mol. The van der Waals surface area contributed by atoms with E-state index in [-0.39, 0.29) is 0 Å². The van der Waals surface area contributed by atoms with E-state index in [0.717, 1.165) is 32.3 Å². The molecule has 1 aromatic carbocycles. The second-order valence-corrected chi connectivity index (χ2v) is 8.56. The van der Waals surface area contributed by atoms with Crippen molar-refractivity contribution in [2.75, 3.05) is 5.32 Å². The van der Waals surface area contributed by atoms with E-state index in [1.54, 1.807) is 40.3 Å². The Labute approximate surface area is 168 Å². The molecule has 0 atom stereocenters. The van der Waals surface area contributed by atoms with Crippen molar-refractivity contribution in [2.45, 2.75) is 6.54 Å². The minimum atomic E-state index is 0.637. The standard InChI is InChI=1S/C20H14N4S3/c1-2-5-13(6-3-1)15-11-27-20-17(15)18(22-12-23-20)21-9-14-10-26-19(24-14)16-7-4-8-25-16/h1-8,10-12H,9H2,(H,21,22,23). The lowest BCUT2D eigenvalue weighted by atomic mass is 10.1. The molecule has 0 aliphatic rings. The van der Waals surface area contributed by atoms with Crippen molar-refractivity contribution in [3.8, 4) is 21.0 Å². The number of thiazole rings is 1. The molecular weight excluding hydrogens is 392 g/mol. The molecule has 5 aromatic rings. The van der Waals surface area contributed by atoms with E-state index in [9.17, 15) is 0 Å². The fourth-order valence-corrected chi connectivity index (χ4v) is 5.46. The molecule has 7 heteroatoms. The molecule has 27 heavy (non-hydrogen) atoms. The molecule has 0 aliphatic heterocycles. The number of nitrogens with zero attached hydrogens (tertiary/aromatic N) is 3. The van der Waals surface area contributed by atoms with Gasteiger partial charge in [0.1, 0.15) is 22.0 Å². The molecule has 132 valence electrons. The van der Waals surface area contributed by atoms with E-state index in [2.05, 4.69) is 67.8 Å². The van der Waals surface area contributed by atoms with Crippen LogP contribution in [0.15, 0.2) is 64.9 Å². The molecule has 4 aromatic heterocycles. The number of anilines is 1. The zero-order valence-electron chi connectivity index (χ0n) is 14.1. The van der Waals surface area contributed by atoms with Crippen molar-refractivity contribution in [3.05, 3.63) is 70.6 Å². The summed E-state index contributed by atoms with van der Waals surface area (Å²) in [5.74, 6) is 0.853. The third-order valence-corrected chi connectivity index (χ3v) is 6.99. The molecule has 0 aliphatic carbocycles. The first kappa shape index (κ1) is 16.6. The van der Waals surface area contributed by atoms with Gasteiger partial charge in [0, 0.05) is 16.3 Å². The van der Waals surface area contributed by atoms with Crippen LogP contribution in [0.1, 0.15) is 5.69 Å². The van der Waals surface area contributed by atoms with Gasteiger partial charge in [0.25, 0.3) is 0 Å². The molecule has 0 bridgehead atoms. The van der Waals surface area contributed by atoms with Crippen molar-refractivity contribution >= 4 is 50.0 Å². The summed E-state index contributed by atoms with van der Waals surface area (Å²) < 4.78 is 0. The number of rotatable bonds is 5. The Morgan fingerprint density at radius 3 is 2.67 bits per heavy atom. The van der Waals surface area contributed by atoms with Gasteiger partial charge in [0.2, 0.25) is 0 Å². The molecule has 4 nitrogen and oxygen atoms in total. The van der Waals surface area contributed by atoms with Crippen LogP contribution in [-0.4, -0.2) is 15.0 Å². The molecule has 0 amide bonds. The van der Waals surface area contributed by atoms with Crippen molar-refractivity contribution < 1.29 is 0 Å². The van der Waals surface area contributed by atoms with Gasteiger partial charge in [-0.1, -0.05) is 36.4 Å². The van der Waals surface area contributed by atoms with E-state index in [0.29, 0.717) is 6.54 Å². The first-order valence-corrected chi connectivity index (χ1v) is 11.0. The van der Waals surface area contributed by atoms with Gasteiger partial charge in [-0.25, -0.2) is 15.0 Å². The summed E-state index contributed by atoms with van der Waals surface area (Å²) >= 11 is 5.03. The molecule has 0 spiro atoms. The van der Waals surface area contributed by atoms with Crippen LogP contribution in [0.2, 0.25) is 0 Å². The van der Waals surface area contributed by atoms with Crippen molar-refractivity contribution in [1.29, 1.82) is 0 Å². The van der Waals surface area contributed by atoms with Gasteiger partial charge in [-0.3, -0.25) is 0 Å². The Bertz CT molecular complexity index is 1180. The van der Waals surface area contributed by atoms with Crippen LogP contribution in [0.3, 0.4) is 0 Å². The van der Waals surface area contributed by atoms with Gasteiger partial charge in [0.15, 0.2) is 0 Å². The fourth-order valence-electron chi connectivity index (χ4n) is 2.92. The molecule has 0 radical (unpaired) electrons. The summed E-state index contributed by atoms with van der Waals surface area (Å²) in [4.78, 5) is 15.9. The summed E-state index contributed by atoms with van der Waals surface area (Å²) in [6.45, 7) is 0.637. The van der Waals surface area contributed by atoms with Gasteiger partial charge < -0.3 is 5.32 Å². The van der Waals surface area contributed by atoms with E-state index >= 15 is 0 Å². The molecule has 4 heterocycles. The second kappa shape index (κ2) is 7.19. The molecule has 5 rings (SSSR count). The monoisotopic (exact) mass is 406 g/mol. The number of nitrogens with one attached hydrogen (secondary N) is 1. The van der Waals surface area contributed by atoms with Gasteiger partial charge >= 0.3 is 0 Å². The Morgan fingerprint density at radius 2 is 1.81 bits per heavy atom. The molecule has 0 saturated heterocycles. The van der Waals surface area contributed by atoms with Gasteiger partial charge in [-0.2, -0.15) is 0 Å². The summed E-state index contributed by atoms with van der Waals surface area (Å²) in [7, 11) is 0. The maximum Gasteiger partial charge on any atom is 0.139 e. The quantitative estimate of drug-likeness (QED) is 0.380. The number of aromatic nitrogens is 3. The Morgan fingerprint density at radius 1 is 0.889 bits per heavy atom. The van der Waals surface area contributed by atoms with Crippen LogP contribution >= 0.6 is 34.0 Å². The number of fused-ring (bicyclic) bond motifs is 1. The van der Waals surface area contributed by atoms with Gasteiger partial charge in [-0.05, 0) is 17.0 Å². The second-order valence-electron chi connectivity index (χ2n) is 5.89. The third-order valence-electron chi connectivity index (χ3n) is 4.18. The highest BCUT2D eigenvalue weighted by atomic mass is 32.1. The fraction of sp³-hybridized carbons (Fsp3) is 0.0500. The van der Waals surface area contributed by atoms with E-state index in [1.807, 2.05) is 6.07 Å². The largest absolute Gasteiger partial charge is 0.364 e. The molecule has 0 saturated carbocycles. The third kappa shape index (κ3) is 3.25. The van der Waals surface area contributed by atoms with Crippen LogP contribution in [-0.2, 0) is 6.54 Å². The lowest BCUT2D eigenvalue weighted by molar-refractivity contribution is 1.05. The van der Waals surface area contributed by atoms with Crippen LogP contribution in [0.4, 0.5) is 5.82 Å². The summed E-state index contributed by atoms with van der Waals surface area (Å²) in [6.07, 6.45) is 1.62. The maximum atomic E-state index is 4.74. The molecule has 0 fully saturated rings. The van der Waals surface area contributed by atoms with Gasteiger partial charge in [-0.15, -0.1) is 34.0 Å². The number of hydrogen-bond acceptors (Lipinski definition) is 7. The lowest BCUT2D eigenvalue weighted by Gasteiger charge is -2.07. The van der Waals surface area contributed by atoms with E-state index in [4.69, 9.17) is 4.98 Å². The lowest BCUT2D eigenvalue weighted by Crippen LogP contribution is -2.02. The minimum Gasteiger partial charge on any atom is -0.364 e. The molecule has 0 unspecified atom stereocenters. The average Bonchev–Trinajstić information content (AvgIpc) is 3.47. The van der Waals surface area contributed by atoms with Crippen LogP contribution in [0.25, 0.3) is 31.2 Å². The van der Waals surface area contributed by atoms with Crippen molar-refractivity contribution in [1.82, 2.24) is 15.0 Å². The van der Waals surface area contributed by atoms with Gasteiger partial charge in [0.05, 0.1) is 22.5 Å². The molecular formula is C20H14N4S3. The maximum absolute atomic E-state index is 4.74. The van der Waals surface area contributed by atoms with Crippen LogP contribution in [0, 0.1) is 0 Å². The highest BCUT2D eigenvalue weighted by molar-refractivity contribution is 7.20. The summed E-state index contributed by atoms with van der Waals surface area (Å²) in [5.41, 5.74) is 3.36. The Hall–Kier alpha value is -2.61. The van der Waals surface area contributed by atoms with Crippen LogP contribution < -0.4 is 5.32 Å². The Kier molecular flexibility index (Phi) is 4.41. The average molecular weight is 407 g/mol. The van der Waals surface area contributed by atoms with Crippen molar-refractivity contribution in [3.63, 3.8) is 0 Å². The van der Waals surface area contributed by atoms with E-state index < -0.39 is 0 Å². The summed E-state index contributed by atoms with van der Waals surface area (Å²) in [5, 5.41) is 11.9. The zero-order valence-corrected chi connectivity index (χ0v) is 16.6. The topological polar surface area (TPSA) is 50.7 Å². The smallest absolute Gasteiger partial charge is 0.139 e. The Balaban J connectivity index is 1.45. The first-order chi connectivity index (χ1) is 13.4. The minimum absolute atomic E-state index is 0.637. The first-order valence-electron chi connectivity index (χ1n) is 8.38.